The molecule has 26 heavy (non-hydrogen) atoms. The topological polar surface area (TPSA) is 78.5 Å². The van der Waals surface area contributed by atoms with Crippen molar-refractivity contribution in [2.24, 2.45) is 0 Å². The van der Waals surface area contributed by atoms with Crippen LogP contribution in [0.25, 0.3) is 0 Å². The predicted molar refractivity (Wildman–Crippen MR) is 104 cm³/mol. The number of hydrogen-bond donors (Lipinski definition) is 2. The number of thiophene rings is 1. The average molecular weight is 394 g/mol. The van der Waals surface area contributed by atoms with Crippen LogP contribution in [0.2, 0.25) is 0 Å². The van der Waals surface area contributed by atoms with Gasteiger partial charge in [0.05, 0.1) is 11.4 Å². The number of benzene rings is 1. The number of urea groups is 1. The minimum absolute atomic E-state index is 0.218. The summed E-state index contributed by atoms with van der Waals surface area (Å²) in [4.78, 5) is 13.3. The number of rotatable bonds is 5. The normalized spacial score (nSPS) is 16.0. The highest BCUT2D eigenvalue weighted by atomic mass is 32.2. The lowest BCUT2D eigenvalue weighted by atomic mass is 10.2. The molecule has 0 aliphatic carbocycles. The summed E-state index contributed by atoms with van der Waals surface area (Å²) in [6, 6.07) is 9.95. The second-order valence-corrected chi connectivity index (χ2v) is 9.20. The molecule has 0 radical (unpaired) electrons. The first-order valence-electron chi connectivity index (χ1n) is 8.73. The van der Waals surface area contributed by atoms with Gasteiger partial charge >= 0.3 is 6.03 Å². The van der Waals surface area contributed by atoms with Crippen molar-refractivity contribution in [2.45, 2.75) is 37.1 Å². The van der Waals surface area contributed by atoms with E-state index in [9.17, 15) is 13.2 Å². The van der Waals surface area contributed by atoms with Crippen LogP contribution in [-0.4, -0.2) is 31.8 Å². The first kappa shape index (κ1) is 18.9. The Balaban J connectivity index is 1.66. The minimum Gasteiger partial charge on any atom is -0.333 e. The first-order valence-corrected chi connectivity index (χ1v) is 11.0. The quantitative estimate of drug-likeness (QED) is 0.814. The van der Waals surface area contributed by atoms with Gasteiger partial charge in [-0.05, 0) is 42.5 Å². The molecule has 0 spiro atoms. The summed E-state index contributed by atoms with van der Waals surface area (Å²) in [5.41, 5.74) is 0.463. The Kier molecular flexibility index (Phi) is 6.29. The maximum absolute atomic E-state index is 12.9. The molecule has 0 bridgehead atoms. The van der Waals surface area contributed by atoms with Gasteiger partial charge in [0.25, 0.3) is 0 Å². The average Bonchev–Trinajstić information content (AvgIpc) is 2.99. The molecule has 1 aromatic carbocycles. The number of carbonyl (C=O) groups is 1. The lowest BCUT2D eigenvalue weighted by molar-refractivity contribution is 0.252. The molecule has 0 atom stereocenters. The van der Waals surface area contributed by atoms with E-state index in [-0.39, 0.29) is 10.9 Å². The third-order valence-electron chi connectivity index (χ3n) is 4.30. The zero-order valence-corrected chi connectivity index (χ0v) is 16.1. The molecule has 1 aliphatic rings. The van der Waals surface area contributed by atoms with Gasteiger partial charge in [-0.1, -0.05) is 25.0 Å². The van der Waals surface area contributed by atoms with Gasteiger partial charge in [0.2, 0.25) is 10.0 Å². The Bertz CT molecular complexity index is 827. The zero-order valence-electron chi connectivity index (χ0n) is 14.5. The minimum atomic E-state index is -3.53. The molecular weight excluding hydrogens is 370 g/mol. The standard InChI is InChI=1S/C18H23N3O3S2/c22-18(19-14-16-8-6-12-25-16)20-15-7-5-9-17(13-15)26(23,24)21-10-3-1-2-4-11-21/h5-9,12-13H,1-4,10-11,14H2,(H2,19,20,22). The van der Waals surface area contributed by atoms with E-state index in [0.717, 1.165) is 30.6 Å². The lowest BCUT2D eigenvalue weighted by Crippen LogP contribution is -2.32. The Morgan fingerprint density at radius 3 is 2.54 bits per heavy atom. The molecule has 2 amide bonds. The summed E-state index contributed by atoms with van der Waals surface area (Å²) in [5, 5.41) is 7.42. The van der Waals surface area contributed by atoms with Gasteiger partial charge in [-0.15, -0.1) is 11.3 Å². The SMILES string of the molecule is O=C(NCc1cccs1)Nc1cccc(S(=O)(=O)N2CCCCCC2)c1. The van der Waals surface area contributed by atoms with E-state index in [2.05, 4.69) is 10.6 Å². The zero-order chi connectivity index (χ0) is 18.4. The molecule has 1 aromatic heterocycles. The molecular formula is C18H23N3O3S2. The van der Waals surface area contributed by atoms with Crippen molar-refractivity contribution in [3.8, 4) is 0 Å². The van der Waals surface area contributed by atoms with Crippen molar-refractivity contribution >= 4 is 33.1 Å². The molecule has 8 heteroatoms. The molecule has 2 heterocycles. The number of nitrogens with one attached hydrogen (secondary N) is 2. The van der Waals surface area contributed by atoms with E-state index in [0.29, 0.717) is 25.3 Å². The van der Waals surface area contributed by atoms with Crippen molar-refractivity contribution in [1.29, 1.82) is 0 Å². The fraction of sp³-hybridized carbons (Fsp3) is 0.389. The number of sulfonamides is 1. The summed E-state index contributed by atoms with van der Waals surface area (Å²) < 4.78 is 27.3. The molecule has 140 valence electrons. The van der Waals surface area contributed by atoms with Crippen LogP contribution in [-0.2, 0) is 16.6 Å². The van der Waals surface area contributed by atoms with Crippen LogP contribution in [0.15, 0.2) is 46.7 Å². The van der Waals surface area contributed by atoms with Crippen molar-refractivity contribution in [3.05, 3.63) is 46.7 Å². The maximum Gasteiger partial charge on any atom is 0.319 e. The number of nitrogens with zero attached hydrogens (tertiary/aromatic N) is 1. The van der Waals surface area contributed by atoms with E-state index in [1.54, 1.807) is 33.8 Å². The fourth-order valence-corrected chi connectivity index (χ4v) is 5.13. The van der Waals surface area contributed by atoms with E-state index >= 15 is 0 Å². The van der Waals surface area contributed by atoms with Crippen molar-refractivity contribution in [1.82, 2.24) is 9.62 Å². The Morgan fingerprint density at radius 1 is 1.08 bits per heavy atom. The second-order valence-electron chi connectivity index (χ2n) is 6.23. The Hall–Kier alpha value is -1.90. The van der Waals surface area contributed by atoms with E-state index in [1.807, 2.05) is 17.5 Å². The van der Waals surface area contributed by atoms with Crippen LogP contribution >= 0.6 is 11.3 Å². The van der Waals surface area contributed by atoms with Crippen LogP contribution in [0.3, 0.4) is 0 Å². The number of anilines is 1. The molecule has 2 aromatic rings. The van der Waals surface area contributed by atoms with Gasteiger partial charge in [0.1, 0.15) is 0 Å². The molecule has 1 aliphatic heterocycles. The van der Waals surface area contributed by atoms with Gasteiger partial charge in [0.15, 0.2) is 0 Å². The molecule has 6 nitrogen and oxygen atoms in total. The van der Waals surface area contributed by atoms with Crippen LogP contribution in [0.5, 0.6) is 0 Å². The molecule has 1 saturated heterocycles. The number of amides is 2. The Labute approximate surface area is 158 Å². The fourth-order valence-electron chi connectivity index (χ4n) is 2.92. The molecule has 1 fully saturated rings. The maximum atomic E-state index is 12.9. The van der Waals surface area contributed by atoms with Gasteiger partial charge < -0.3 is 10.6 Å². The van der Waals surface area contributed by atoms with E-state index in [4.69, 9.17) is 0 Å². The molecule has 0 unspecified atom stereocenters. The highest BCUT2D eigenvalue weighted by molar-refractivity contribution is 7.89. The summed E-state index contributed by atoms with van der Waals surface area (Å²) in [6.07, 6.45) is 3.92. The largest absolute Gasteiger partial charge is 0.333 e. The van der Waals surface area contributed by atoms with Crippen LogP contribution in [0.1, 0.15) is 30.6 Å². The van der Waals surface area contributed by atoms with Crippen molar-refractivity contribution < 1.29 is 13.2 Å². The highest BCUT2D eigenvalue weighted by Gasteiger charge is 2.25. The second kappa shape index (κ2) is 8.66. The van der Waals surface area contributed by atoms with Crippen LogP contribution in [0, 0.1) is 0 Å². The van der Waals surface area contributed by atoms with Crippen molar-refractivity contribution in [2.75, 3.05) is 18.4 Å². The number of carbonyl (C=O) groups excluding carboxylic acids is 1. The van der Waals surface area contributed by atoms with Gasteiger partial charge in [-0.3, -0.25) is 0 Å². The summed E-state index contributed by atoms with van der Waals surface area (Å²) >= 11 is 1.57. The summed E-state index contributed by atoms with van der Waals surface area (Å²) in [5.74, 6) is 0. The third kappa shape index (κ3) is 4.84. The first-order chi connectivity index (χ1) is 12.6. The van der Waals surface area contributed by atoms with E-state index < -0.39 is 10.0 Å². The molecule has 3 rings (SSSR count). The lowest BCUT2D eigenvalue weighted by Gasteiger charge is -2.20. The molecule has 0 saturated carbocycles. The highest BCUT2D eigenvalue weighted by Crippen LogP contribution is 2.22. The Morgan fingerprint density at radius 2 is 1.85 bits per heavy atom. The van der Waals surface area contributed by atoms with E-state index in [1.165, 1.54) is 6.07 Å². The monoisotopic (exact) mass is 393 g/mol. The third-order valence-corrected chi connectivity index (χ3v) is 7.07. The predicted octanol–water partition coefficient (Wildman–Crippen LogP) is 3.63. The smallest absolute Gasteiger partial charge is 0.319 e. The van der Waals surface area contributed by atoms with Gasteiger partial charge in [-0.2, -0.15) is 4.31 Å². The van der Waals surface area contributed by atoms with Gasteiger partial charge in [0, 0.05) is 23.7 Å². The van der Waals surface area contributed by atoms with Crippen LogP contribution in [0.4, 0.5) is 10.5 Å². The summed E-state index contributed by atoms with van der Waals surface area (Å²) in [7, 11) is -3.53. The van der Waals surface area contributed by atoms with Gasteiger partial charge in [-0.25, -0.2) is 13.2 Å². The number of hydrogen-bond acceptors (Lipinski definition) is 4. The molecule has 2 N–H and O–H groups in total. The summed E-state index contributed by atoms with van der Waals surface area (Å²) in [6.45, 7) is 1.55. The van der Waals surface area contributed by atoms with Crippen LogP contribution < -0.4 is 10.6 Å². The van der Waals surface area contributed by atoms with Crippen molar-refractivity contribution in [3.63, 3.8) is 0 Å².